The zero-order valence-electron chi connectivity index (χ0n) is 13.6. The molecule has 0 aliphatic heterocycles. The zero-order chi connectivity index (χ0) is 16.9. The number of rotatable bonds is 6. The maximum Gasteiger partial charge on any atom is 0.273 e. The van der Waals surface area contributed by atoms with Crippen LogP contribution in [0.4, 0.5) is 0 Å². The predicted octanol–water partition coefficient (Wildman–Crippen LogP) is 2.39. The van der Waals surface area contributed by atoms with E-state index >= 15 is 0 Å². The van der Waals surface area contributed by atoms with Gasteiger partial charge in [-0.25, -0.2) is 0 Å². The Morgan fingerprint density at radius 1 is 1.21 bits per heavy atom. The third-order valence-electron chi connectivity index (χ3n) is 3.75. The molecule has 3 rings (SSSR count). The van der Waals surface area contributed by atoms with E-state index in [-0.39, 0.29) is 23.6 Å². The van der Waals surface area contributed by atoms with Gasteiger partial charge in [-0.15, -0.1) is 0 Å². The van der Waals surface area contributed by atoms with Crippen LogP contribution in [0.1, 0.15) is 24.3 Å². The summed E-state index contributed by atoms with van der Waals surface area (Å²) in [5.74, 6) is 0.517. The lowest BCUT2D eigenvalue weighted by atomic mass is 10.0. The number of hydrogen-bond acceptors (Lipinski definition) is 5. The third-order valence-corrected chi connectivity index (χ3v) is 3.75. The number of nitrogens with one attached hydrogen (secondary N) is 1. The largest absolute Gasteiger partial charge is 0.355 e. The van der Waals surface area contributed by atoms with Gasteiger partial charge in [0.1, 0.15) is 0 Å². The molecule has 0 fully saturated rings. The van der Waals surface area contributed by atoms with Crippen LogP contribution in [0.15, 0.2) is 53.3 Å². The van der Waals surface area contributed by atoms with Gasteiger partial charge >= 0.3 is 0 Å². The highest BCUT2D eigenvalue weighted by Gasteiger charge is 2.21. The second-order valence-electron chi connectivity index (χ2n) is 5.85. The van der Waals surface area contributed by atoms with Crippen LogP contribution in [0.2, 0.25) is 0 Å². The number of carbonyl (C=O) groups excluding carboxylic acids is 1. The van der Waals surface area contributed by atoms with E-state index in [1.807, 2.05) is 44.2 Å². The Morgan fingerprint density at radius 2 is 1.92 bits per heavy atom. The molecule has 7 heteroatoms. The van der Waals surface area contributed by atoms with E-state index in [0.29, 0.717) is 12.3 Å². The topological polar surface area (TPSA) is 85.8 Å². The van der Waals surface area contributed by atoms with E-state index in [4.69, 9.17) is 4.52 Å². The Labute approximate surface area is 139 Å². The minimum absolute atomic E-state index is 0.109. The number of carbonyl (C=O) groups is 1. The molecule has 0 bridgehead atoms. The van der Waals surface area contributed by atoms with Gasteiger partial charge in [0.15, 0.2) is 11.5 Å². The van der Waals surface area contributed by atoms with Crippen molar-refractivity contribution >= 4 is 5.91 Å². The van der Waals surface area contributed by atoms with E-state index < -0.39 is 0 Å². The Kier molecular flexibility index (Phi) is 4.69. The molecule has 1 unspecified atom stereocenters. The van der Waals surface area contributed by atoms with Crippen molar-refractivity contribution in [1.82, 2.24) is 25.5 Å². The van der Waals surface area contributed by atoms with Crippen molar-refractivity contribution in [3.8, 4) is 11.3 Å². The maximum atomic E-state index is 12.4. The van der Waals surface area contributed by atoms with E-state index in [0.717, 1.165) is 5.56 Å². The van der Waals surface area contributed by atoms with Gasteiger partial charge in [-0.3, -0.25) is 4.79 Å². The highest BCUT2D eigenvalue weighted by Crippen LogP contribution is 2.19. The fourth-order valence-electron chi connectivity index (χ4n) is 2.30. The lowest BCUT2D eigenvalue weighted by Gasteiger charge is -2.21. The molecule has 0 saturated heterocycles. The monoisotopic (exact) mass is 325 g/mol. The highest BCUT2D eigenvalue weighted by atomic mass is 16.5. The number of aromatic nitrogens is 4. The van der Waals surface area contributed by atoms with Crippen molar-refractivity contribution in [1.29, 1.82) is 0 Å². The number of amides is 1. The van der Waals surface area contributed by atoms with E-state index in [1.54, 1.807) is 23.3 Å². The summed E-state index contributed by atoms with van der Waals surface area (Å²) in [5, 5.41) is 15.0. The molecular formula is C17H19N5O2. The first-order valence-corrected chi connectivity index (χ1v) is 7.80. The van der Waals surface area contributed by atoms with Gasteiger partial charge in [0.25, 0.3) is 5.91 Å². The van der Waals surface area contributed by atoms with Gasteiger partial charge in [-0.2, -0.15) is 15.0 Å². The Balaban J connectivity index is 1.70. The van der Waals surface area contributed by atoms with Crippen LogP contribution in [0.5, 0.6) is 0 Å². The number of benzene rings is 1. The van der Waals surface area contributed by atoms with Gasteiger partial charge < -0.3 is 9.84 Å². The zero-order valence-corrected chi connectivity index (χ0v) is 13.6. The second-order valence-corrected chi connectivity index (χ2v) is 5.85. The van der Waals surface area contributed by atoms with Crippen LogP contribution in [0, 0.1) is 5.92 Å². The maximum absolute atomic E-state index is 12.4. The molecule has 24 heavy (non-hydrogen) atoms. The molecule has 1 aromatic carbocycles. The van der Waals surface area contributed by atoms with Crippen molar-refractivity contribution in [2.24, 2.45) is 5.92 Å². The molecule has 1 amide bonds. The fraction of sp³-hybridized carbons (Fsp3) is 0.294. The molecule has 7 nitrogen and oxygen atoms in total. The number of nitrogens with zero attached hydrogens (tertiary/aromatic N) is 4. The molecule has 0 aliphatic carbocycles. The summed E-state index contributed by atoms with van der Waals surface area (Å²) in [6.07, 6.45) is 3.23. The summed E-state index contributed by atoms with van der Waals surface area (Å²) in [4.78, 5) is 14.0. The molecule has 124 valence electrons. The molecule has 0 saturated carbocycles. The number of hydrogen-bond donors (Lipinski definition) is 1. The molecule has 1 atom stereocenters. The van der Waals surface area contributed by atoms with E-state index in [1.165, 1.54) is 0 Å². The lowest BCUT2D eigenvalue weighted by Crippen LogP contribution is -2.42. The highest BCUT2D eigenvalue weighted by molar-refractivity contribution is 5.93. The average Bonchev–Trinajstić information content (AvgIpc) is 3.26. The van der Waals surface area contributed by atoms with Crippen LogP contribution < -0.4 is 5.32 Å². The van der Waals surface area contributed by atoms with Gasteiger partial charge in [0.05, 0.1) is 25.0 Å². The van der Waals surface area contributed by atoms with Crippen LogP contribution in [-0.2, 0) is 6.54 Å². The summed E-state index contributed by atoms with van der Waals surface area (Å²) in [5.41, 5.74) is 1.14. The molecule has 0 spiro atoms. The third kappa shape index (κ3) is 3.68. The Bertz CT molecular complexity index is 780. The predicted molar refractivity (Wildman–Crippen MR) is 88.1 cm³/mol. The van der Waals surface area contributed by atoms with Crippen LogP contribution in [0.25, 0.3) is 11.3 Å². The van der Waals surface area contributed by atoms with E-state index in [9.17, 15) is 4.79 Å². The molecule has 0 aliphatic rings. The summed E-state index contributed by atoms with van der Waals surface area (Å²) >= 11 is 0. The van der Waals surface area contributed by atoms with Crippen LogP contribution in [0.3, 0.4) is 0 Å². The second kappa shape index (κ2) is 7.08. The average molecular weight is 325 g/mol. The Hall–Kier alpha value is -2.96. The van der Waals surface area contributed by atoms with Crippen molar-refractivity contribution in [2.75, 3.05) is 0 Å². The minimum atomic E-state index is -0.271. The van der Waals surface area contributed by atoms with Gasteiger partial charge in [0, 0.05) is 11.6 Å². The quantitative estimate of drug-likeness (QED) is 0.752. The summed E-state index contributed by atoms with van der Waals surface area (Å²) < 4.78 is 5.28. The summed E-state index contributed by atoms with van der Waals surface area (Å²) in [6, 6.07) is 11.1. The molecular weight excluding hydrogens is 306 g/mol. The van der Waals surface area contributed by atoms with Gasteiger partial charge in [-0.1, -0.05) is 49.3 Å². The van der Waals surface area contributed by atoms with Crippen molar-refractivity contribution < 1.29 is 9.32 Å². The summed E-state index contributed by atoms with van der Waals surface area (Å²) in [7, 11) is 0. The normalized spacial score (nSPS) is 12.3. The summed E-state index contributed by atoms with van der Waals surface area (Å²) in [6.45, 7) is 4.57. The van der Waals surface area contributed by atoms with Gasteiger partial charge in [0.2, 0.25) is 0 Å². The Morgan fingerprint density at radius 3 is 2.58 bits per heavy atom. The van der Waals surface area contributed by atoms with Crippen LogP contribution >= 0.6 is 0 Å². The SMILES string of the molecule is CC(C)C(Cn1nccn1)NC(=O)c1cc(-c2ccccc2)on1. The fourth-order valence-corrected chi connectivity index (χ4v) is 2.30. The molecule has 2 aromatic heterocycles. The van der Waals surface area contributed by atoms with Crippen molar-refractivity contribution in [3.05, 3.63) is 54.5 Å². The first kappa shape index (κ1) is 15.9. The van der Waals surface area contributed by atoms with Crippen molar-refractivity contribution in [3.63, 3.8) is 0 Å². The van der Waals surface area contributed by atoms with E-state index in [2.05, 4.69) is 20.7 Å². The first-order chi connectivity index (χ1) is 11.6. The molecule has 3 aromatic rings. The molecule has 0 radical (unpaired) electrons. The molecule has 2 heterocycles. The van der Waals surface area contributed by atoms with Crippen LogP contribution in [-0.4, -0.2) is 32.1 Å². The van der Waals surface area contributed by atoms with Crippen molar-refractivity contribution in [2.45, 2.75) is 26.4 Å². The minimum Gasteiger partial charge on any atom is -0.355 e. The lowest BCUT2D eigenvalue weighted by molar-refractivity contribution is 0.0908. The standard InChI is InChI=1S/C17H19N5O2/c1-12(2)15(11-22-18-8-9-19-22)20-17(23)14-10-16(24-21-14)13-6-4-3-5-7-13/h3-10,12,15H,11H2,1-2H3,(H,20,23). The smallest absolute Gasteiger partial charge is 0.273 e. The first-order valence-electron chi connectivity index (χ1n) is 7.80. The molecule has 1 N–H and O–H groups in total. The van der Waals surface area contributed by atoms with Gasteiger partial charge in [-0.05, 0) is 5.92 Å².